The second-order valence-electron chi connectivity index (χ2n) is 2.54. The number of nitro groups is 1. The maximum Gasteiger partial charge on any atom is 0.446 e. The molecule has 0 unspecified atom stereocenters. The predicted molar refractivity (Wildman–Crippen MR) is 44.9 cm³/mol. The molecule has 0 radical (unpaired) electrons. The molecule has 1 aromatic carbocycles. The van der Waals surface area contributed by atoms with E-state index >= 15 is 0 Å². The van der Waals surface area contributed by atoms with Gasteiger partial charge < -0.3 is 0 Å². The van der Waals surface area contributed by atoms with Crippen molar-refractivity contribution >= 4 is 17.4 Å². The first-order valence-electron chi connectivity index (χ1n) is 3.60. The first kappa shape index (κ1) is 12.7. The minimum absolute atomic E-state index is 0.0478. The molecule has 0 aliphatic carbocycles. The average Bonchev–Trinajstić information content (AvgIpc) is 2.07. The zero-order valence-electron chi connectivity index (χ0n) is 7.22. The second-order valence-corrected chi connectivity index (χ2v) is 3.65. The Balaban J connectivity index is 3.20. The zero-order chi connectivity index (χ0) is 12.5. The summed E-state index contributed by atoms with van der Waals surface area (Å²) in [6.45, 7) is 0. The molecule has 1 rings (SSSR count). The van der Waals surface area contributed by atoms with Crippen LogP contribution in [0.3, 0.4) is 0 Å². The number of nitrogens with zero attached hydrogens (tertiary/aromatic N) is 1. The van der Waals surface area contributed by atoms with Gasteiger partial charge in [-0.15, -0.1) is 0 Å². The highest BCUT2D eigenvalue weighted by Crippen LogP contribution is 2.39. The van der Waals surface area contributed by atoms with Crippen LogP contribution in [0.1, 0.15) is 0 Å². The highest BCUT2D eigenvalue weighted by atomic mass is 32.2. The van der Waals surface area contributed by atoms with Crippen molar-refractivity contribution in [1.29, 1.82) is 0 Å². The molecule has 1 aromatic rings. The normalized spacial score (nSPS) is 11.6. The van der Waals surface area contributed by atoms with Crippen LogP contribution in [-0.4, -0.2) is 10.4 Å². The van der Waals surface area contributed by atoms with Gasteiger partial charge in [-0.3, -0.25) is 10.1 Å². The van der Waals surface area contributed by atoms with Crippen LogP contribution >= 0.6 is 11.8 Å². The van der Waals surface area contributed by atoms with Crippen LogP contribution in [0.2, 0.25) is 0 Å². The molecule has 0 saturated carbocycles. The lowest BCUT2D eigenvalue weighted by molar-refractivity contribution is -0.387. The number of rotatable bonds is 2. The molecule has 0 amide bonds. The molecule has 3 nitrogen and oxygen atoms in total. The van der Waals surface area contributed by atoms with Gasteiger partial charge in [0.15, 0.2) is 0 Å². The van der Waals surface area contributed by atoms with Crippen molar-refractivity contribution in [3.8, 4) is 0 Å². The Hall–Kier alpha value is -1.38. The molecular weight excluding hydrogens is 257 g/mol. The summed E-state index contributed by atoms with van der Waals surface area (Å²) in [7, 11) is 0. The lowest BCUT2D eigenvalue weighted by atomic mass is 10.3. The van der Waals surface area contributed by atoms with Gasteiger partial charge >= 0.3 is 11.2 Å². The molecule has 88 valence electrons. The smallest absolute Gasteiger partial charge is 0.258 e. The van der Waals surface area contributed by atoms with Gasteiger partial charge in [0.05, 0.1) is 9.82 Å². The van der Waals surface area contributed by atoms with Crippen molar-refractivity contribution in [3.63, 3.8) is 0 Å². The summed E-state index contributed by atoms with van der Waals surface area (Å²) in [4.78, 5) is 7.94. The van der Waals surface area contributed by atoms with Crippen LogP contribution < -0.4 is 0 Å². The lowest BCUT2D eigenvalue weighted by Crippen LogP contribution is -2.02. The predicted octanol–water partition coefficient (Wildman–Crippen LogP) is 3.48. The number of thioether (sulfide) groups is 1. The van der Waals surface area contributed by atoms with Gasteiger partial charge in [-0.05, 0) is 11.8 Å². The van der Waals surface area contributed by atoms with Crippen molar-refractivity contribution in [3.05, 3.63) is 33.9 Å². The van der Waals surface area contributed by atoms with Gasteiger partial charge in [0, 0.05) is 12.1 Å². The van der Waals surface area contributed by atoms with Crippen molar-refractivity contribution in [1.82, 2.24) is 0 Å². The van der Waals surface area contributed by atoms with E-state index in [1.165, 1.54) is 0 Å². The van der Waals surface area contributed by atoms with Crippen LogP contribution in [0.15, 0.2) is 17.0 Å². The van der Waals surface area contributed by atoms with E-state index in [-0.39, 0.29) is 12.1 Å². The summed E-state index contributed by atoms with van der Waals surface area (Å²) in [5.74, 6) is -3.01. The molecule has 0 bridgehead atoms. The summed E-state index contributed by atoms with van der Waals surface area (Å²) in [5.41, 5.74) is -6.00. The highest BCUT2D eigenvalue weighted by Gasteiger charge is 2.32. The summed E-state index contributed by atoms with van der Waals surface area (Å²) >= 11 is -0.878. The van der Waals surface area contributed by atoms with Crippen LogP contribution in [-0.2, 0) is 0 Å². The molecular formula is C7H2F5NO2S. The van der Waals surface area contributed by atoms with Gasteiger partial charge in [0.25, 0.3) is 0 Å². The quantitative estimate of drug-likeness (QED) is 0.353. The first-order valence-corrected chi connectivity index (χ1v) is 4.41. The highest BCUT2D eigenvalue weighted by molar-refractivity contribution is 8.00. The minimum atomic E-state index is -4.80. The van der Waals surface area contributed by atoms with E-state index in [1.807, 2.05) is 0 Å². The third kappa shape index (κ3) is 3.05. The van der Waals surface area contributed by atoms with Gasteiger partial charge in [-0.2, -0.15) is 17.6 Å². The van der Waals surface area contributed by atoms with E-state index in [0.717, 1.165) is 0 Å². The molecule has 0 heterocycles. The molecule has 0 fully saturated rings. The van der Waals surface area contributed by atoms with Crippen molar-refractivity contribution < 1.29 is 26.9 Å². The Bertz CT molecular complexity index is 434. The lowest BCUT2D eigenvalue weighted by Gasteiger charge is -2.06. The van der Waals surface area contributed by atoms with Gasteiger partial charge in [-0.1, -0.05) is 0 Å². The third-order valence-electron chi connectivity index (χ3n) is 1.42. The molecule has 0 aliphatic heterocycles. The van der Waals surface area contributed by atoms with Gasteiger partial charge in [0.1, 0.15) is 5.82 Å². The zero-order valence-corrected chi connectivity index (χ0v) is 8.03. The second kappa shape index (κ2) is 4.24. The van der Waals surface area contributed by atoms with Gasteiger partial charge in [0.2, 0.25) is 5.82 Å². The van der Waals surface area contributed by atoms with Crippen molar-refractivity contribution in [2.75, 3.05) is 0 Å². The molecule has 16 heavy (non-hydrogen) atoms. The largest absolute Gasteiger partial charge is 0.446 e. The Morgan fingerprint density at radius 3 is 2.19 bits per heavy atom. The van der Waals surface area contributed by atoms with Crippen LogP contribution in [0.25, 0.3) is 0 Å². The Morgan fingerprint density at radius 2 is 1.75 bits per heavy atom. The Labute approximate surface area is 89.4 Å². The number of benzene rings is 1. The Kier molecular flexibility index (Phi) is 3.36. The molecule has 9 heteroatoms. The fraction of sp³-hybridized carbons (Fsp3) is 0.143. The number of hydrogen-bond acceptors (Lipinski definition) is 3. The van der Waals surface area contributed by atoms with E-state index in [0.29, 0.717) is 0 Å². The Morgan fingerprint density at radius 1 is 1.19 bits per heavy atom. The number of alkyl halides is 3. The molecule has 0 atom stereocenters. The molecule has 0 aromatic heterocycles. The van der Waals surface area contributed by atoms with E-state index in [9.17, 15) is 32.1 Å². The maximum absolute atomic E-state index is 12.8. The van der Waals surface area contributed by atoms with Crippen molar-refractivity contribution in [2.24, 2.45) is 0 Å². The maximum atomic E-state index is 12.8. The summed E-state index contributed by atoms with van der Waals surface area (Å²) in [5, 5.41) is 10.2. The molecule has 0 aliphatic rings. The SMILES string of the molecule is O=[N+]([O-])c1cc(SC(F)(F)F)c(F)cc1F. The van der Waals surface area contributed by atoms with Crippen LogP contribution in [0.4, 0.5) is 27.6 Å². The average molecular weight is 259 g/mol. The summed E-state index contributed by atoms with van der Waals surface area (Å²) in [6, 6.07) is 0.259. The van der Waals surface area contributed by atoms with Crippen molar-refractivity contribution in [2.45, 2.75) is 10.4 Å². The monoisotopic (exact) mass is 259 g/mol. The van der Waals surface area contributed by atoms with Crippen LogP contribution in [0, 0.1) is 21.7 Å². The summed E-state index contributed by atoms with van der Waals surface area (Å²) in [6.07, 6.45) is 0. The molecule has 0 N–H and O–H groups in total. The fourth-order valence-corrected chi connectivity index (χ4v) is 1.44. The summed E-state index contributed by atoms with van der Waals surface area (Å²) < 4.78 is 61.2. The van der Waals surface area contributed by atoms with Gasteiger partial charge in [-0.25, -0.2) is 4.39 Å². The minimum Gasteiger partial charge on any atom is -0.258 e. The third-order valence-corrected chi connectivity index (χ3v) is 2.19. The molecule has 0 saturated heterocycles. The standard InChI is InChI=1S/C7H2F5NO2S/c8-3-1-4(9)6(16-7(10,11)12)2-5(3)13(14)15/h1-2H. The number of halogens is 5. The topological polar surface area (TPSA) is 43.1 Å². The van der Waals surface area contributed by atoms with Crippen LogP contribution in [0.5, 0.6) is 0 Å². The number of nitro benzene ring substituents is 1. The number of hydrogen-bond donors (Lipinski definition) is 0. The molecule has 0 spiro atoms. The fourth-order valence-electron chi connectivity index (χ4n) is 0.861. The van der Waals surface area contributed by atoms with E-state index in [2.05, 4.69) is 0 Å². The van der Waals surface area contributed by atoms with E-state index < -0.39 is 44.4 Å². The van der Waals surface area contributed by atoms with E-state index in [1.54, 1.807) is 0 Å². The first-order chi connectivity index (χ1) is 7.20. The van der Waals surface area contributed by atoms with E-state index in [4.69, 9.17) is 0 Å².